The third-order valence-electron chi connectivity index (χ3n) is 6.30. The van der Waals surface area contributed by atoms with Gasteiger partial charge in [-0.2, -0.15) is 0 Å². The van der Waals surface area contributed by atoms with Gasteiger partial charge in [0.25, 0.3) is 10.0 Å². The Morgan fingerprint density at radius 2 is 1.71 bits per heavy atom. The Morgan fingerprint density at radius 3 is 2.32 bits per heavy atom. The molecule has 8 nitrogen and oxygen atoms in total. The predicted octanol–water partition coefficient (Wildman–Crippen LogP) is 3.99. The van der Waals surface area contributed by atoms with Gasteiger partial charge in [-0.05, 0) is 55.2 Å². The number of carbonyl (C=O) groups is 2. The maximum absolute atomic E-state index is 13.4. The lowest BCUT2D eigenvalue weighted by atomic mass is 9.84. The van der Waals surface area contributed by atoms with Gasteiger partial charge in [0.15, 0.2) is 0 Å². The lowest BCUT2D eigenvalue weighted by Gasteiger charge is -2.29. The summed E-state index contributed by atoms with van der Waals surface area (Å²) in [6, 6.07) is 11.7. The molecule has 1 fully saturated rings. The number of carbonyl (C=O) groups excluding carboxylic acids is 2. The van der Waals surface area contributed by atoms with Crippen LogP contribution in [0.15, 0.2) is 53.4 Å². The van der Waals surface area contributed by atoms with E-state index in [0.717, 1.165) is 25.7 Å². The standard InChI is InChI=1S/C25H33N3O5S/c1-18-9-7-8-12-23(18)34(31,32)27-25(30)26-22(17-19-10-5-4-6-11-19)24(29)28(2)20-13-15-21(33-3)16-14-20/h7-9,12-16,19,22H,4-6,10-11,17H2,1-3H3,(H2,26,27,30)/t22-/m0/s1. The molecule has 0 spiro atoms. The zero-order valence-corrected chi connectivity index (χ0v) is 20.7. The molecule has 0 bridgehead atoms. The summed E-state index contributed by atoms with van der Waals surface area (Å²) in [6.07, 6.45) is 5.78. The van der Waals surface area contributed by atoms with E-state index < -0.39 is 22.1 Å². The highest BCUT2D eigenvalue weighted by Crippen LogP contribution is 2.28. The topological polar surface area (TPSA) is 105 Å². The number of hydrogen-bond donors (Lipinski definition) is 2. The van der Waals surface area contributed by atoms with Crippen molar-refractivity contribution >= 4 is 27.6 Å². The monoisotopic (exact) mass is 487 g/mol. The first-order valence-electron chi connectivity index (χ1n) is 11.5. The third-order valence-corrected chi connectivity index (χ3v) is 7.79. The average molecular weight is 488 g/mol. The molecule has 1 aliphatic carbocycles. The molecule has 0 radical (unpaired) electrons. The number of urea groups is 1. The van der Waals surface area contributed by atoms with Crippen molar-refractivity contribution in [1.29, 1.82) is 0 Å². The molecule has 34 heavy (non-hydrogen) atoms. The van der Waals surface area contributed by atoms with Crippen LogP contribution in [-0.4, -0.2) is 40.6 Å². The lowest BCUT2D eigenvalue weighted by molar-refractivity contribution is -0.120. The van der Waals surface area contributed by atoms with Crippen LogP contribution >= 0.6 is 0 Å². The fourth-order valence-electron chi connectivity index (χ4n) is 4.37. The molecule has 1 aliphatic rings. The summed E-state index contributed by atoms with van der Waals surface area (Å²) in [5, 5.41) is 2.64. The van der Waals surface area contributed by atoms with Crippen molar-refractivity contribution < 1.29 is 22.7 Å². The molecular formula is C25H33N3O5S. The van der Waals surface area contributed by atoms with Crippen LogP contribution in [0.4, 0.5) is 10.5 Å². The van der Waals surface area contributed by atoms with Gasteiger partial charge in [0.2, 0.25) is 5.91 Å². The molecule has 0 saturated heterocycles. The molecule has 2 aromatic rings. The number of rotatable bonds is 8. The fourth-order valence-corrected chi connectivity index (χ4v) is 5.53. The Balaban J connectivity index is 1.76. The highest BCUT2D eigenvalue weighted by molar-refractivity contribution is 7.90. The Hall–Kier alpha value is -3.07. The van der Waals surface area contributed by atoms with E-state index in [9.17, 15) is 18.0 Å². The largest absolute Gasteiger partial charge is 0.497 e. The van der Waals surface area contributed by atoms with E-state index in [2.05, 4.69) is 10.0 Å². The molecule has 0 aromatic heterocycles. The van der Waals surface area contributed by atoms with Crippen LogP contribution in [0.25, 0.3) is 0 Å². The van der Waals surface area contributed by atoms with Crippen LogP contribution in [-0.2, 0) is 14.8 Å². The molecule has 0 unspecified atom stereocenters. The number of amides is 3. The normalized spacial score (nSPS) is 15.3. The number of sulfonamides is 1. The molecule has 184 valence electrons. The summed E-state index contributed by atoms with van der Waals surface area (Å²) in [4.78, 5) is 27.7. The smallest absolute Gasteiger partial charge is 0.329 e. The summed E-state index contributed by atoms with van der Waals surface area (Å²) in [7, 11) is -0.868. The molecule has 2 N–H and O–H groups in total. The first kappa shape index (κ1) is 25.6. The first-order valence-corrected chi connectivity index (χ1v) is 13.0. The highest BCUT2D eigenvalue weighted by atomic mass is 32.2. The van der Waals surface area contributed by atoms with Crippen LogP contribution in [0.2, 0.25) is 0 Å². The third kappa shape index (κ3) is 6.50. The van der Waals surface area contributed by atoms with Crippen LogP contribution in [0.3, 0.4) is 0 Å². The van der Waals surface area contributed by atoms with E-state index in [1.54, 1.807) is 63.5 Å². The Morgan fingerprint density at radius 1 is 1.06 bits per heavy atom. The number of anilines is 1. The van der Waals surface area contributed by atoms with Gasteiger partial charge in [-0.15, -0.1) is 0 Å². The molecule has 1 atom stereocenters. The van der Waals surface area contributed by atoms with Crippen molar-refractivity contribution in [1.82, 2.24) is 10.0 Å². The summed E-state index contributed by atoms with van der Waals surface area (Å²) >= 11 is 0. The van der Waals surface area contributed by atoms with Gasteiger partial charge in [0, 0.05) is 12.7 Å². The van der Waals surface area contributed by atoms with Crippen molar-refractivity contribution in [3.05, 3.63) is 54.1 Å². The number of benzene rings is 2. The second-order valence-electron chi connectivity index (χ2n) is 8.73. The van der Waals surface area contributed by atoms with Gasteiger partial charge in [-0.1, -0.05) is 50.3 Å². The second-order valence-corrected chi connectivity index (χ2v) is 10.4. The van der Waals surface area contributed by atoms with E-state index in [-0.39, 0.29) is 10.8 Å². The van der Waals surface area contributed by atoms with Crippen molar-refractivity contribution in [2.24, 2.45) is 5.92 Å². The molecular weight excluding hydrogens is 454 g/mol. The minimum Gasteiger partial charge on any atom is -0.497 e. The molecule has 1 saturated carbocycles. The summed E-state index contributed by atoms with van der Waals surface area (Å²) in [5.41, 5.74) is 1.17. The number of likely N-dealkylation sites (N-methyl/N-ethyl adjacent to an activating group) is 1. The number of nitrogens with one attached hydrogen (secondary N) is 2. The quantitative estimate of drug-likeness (QED) is 0.586. The fraction of sp³-hybridized carbons (Fsp3) is 0.440. The number of ether oxygens (including phenoxy) is 1. The van der Waals surface area contributed by atoms with Crippen LogP contribution in [0, 0.1) is 12.8 Å². The zero-order chi connectivity index (χ0) is 24.7. The molecule has 0 heterocycles. The number of nitrogens with zero attached hydrogens (tertiary/aromatic N) is 1. The first-order chi connectivity index (χ1) is 16.2. The number of methoxy groups -OCH3 is 1. The molecule has 3 amide bonds. The highest BCUT2D eigenvalue weighted by Gasteiger charge is 2.30. The summed E-state index contributed by atoms with van der Waals surface area (Å²) in [6.45, 7) is 1.66. The maximum Gasteiger partial charge on any atom is 0.329 e. The van der Waals surface area contributed by atoms with Gasteiger partial charge < -0.3 is 15.0 Å². The number of aryl methyl sites for hydroxylation is 1. The van der Waals surface area contributed by atoms with E-state index in [4.69, 9.17) is 4.74 Å². The molecule has 2 aromatic carbocycles. The van der Waals surface area contributed by atoms with Crippen molar-refractivity contribution in [2.45, 2.75) is 56.4 Å². The van der Waals surface area contributed by atoms with Crippen molar-refractivity contribution in [2.75, 3.05) is 19.1 Å². The summed E-state index contributed by atoms with van der Waals surface area (Å²) < 4.78 is 32.7. The molecule has 9 heteroatoms. The molecule has 0 aliphatic heterocycles. The van der Waals surface area contributed by atoms with Crippen LogP contribution < -0.4 is 19.7 Å². The van der Waals surface area contributed by atoms with Crippen LogP contribution in [0.1, 0.15) is 44.1 Å². The van der Waals surface area contributed by atoms with E-state index in [0.29, 0.717) is 29.3 Å². The Labute approximate surface area is 201 Å². The minimum absolute atomic E-state index is 0.0238. The van der Waals surface area contributed by atoms with Gasteiger partial charge in [-0.3, -0.25) is 4.79 Å². The van der Waals surface area contributed by atoms with Crippen molar-refractivity contribution in [3.8, 4) is 5.75 Å². The average Bonchev–Trinajstić information content (AvgIpc) is 2.83. The zero-order valence-electron chi connectivity index (χ0n) is 19.9. The Bertz CT molecular complexity index is 1100. The lowest BCUT2D eigenvalue weighted by Crippen LogP contribution is -2.52. The van der Waals surface area contributed by atoms with E-state index >= 15 is 0 Å². The minimum atomic E-state index is -4.08. The maximum atomic E-state index is 13.4. The second kappa shape index (κ2) is 11.4. The van der Waals surface area contributed by atoms with Gasteiger partial charge >= 0.3 is 6.03 Å². The SMILES string of the molecule is COc1ccc(N(C)C(=O)[C@H](CC2CCCCC2)NC(=O)NS(=O)(=O)c2ccccc2C)cc1. The van der Waals surface area contributed by atoms with Gasteiger partial charge in [0.05, 0.1) is 12.0 Å². The summed E-state index contributed by atoms with van der Waals surface area (Å²) in [5.74, 6) is 0.654. The van der Waals surface area contributed by atoms with Crippen LogP contribution in [0.5, 0.6) is 5.75 Å². The van der Waals surface area contributed by atoms with Crippen molar-refractivity contribution in [3.63, 3.8) is 0 Å². The predicted molar refractivity (Wildman–Crippen MR) is 131 cm³/mol. The molecule has 3 rings (SSSR count). The Kier molecular flexibility index (Phi) is 8.55. The van der Waals surface area contributed by atoms with Gasteiger partial charge in [-0.25, -0.2) is 17.9 Å². The van der Waals surface area contributed by atoms with E-state index in [1.165, 1.54) is 17.4 Å². The number of hydrogen-bond acceptors (Lipinski definition) is 5. The van der Waals surface area contributed by atoms with Gasteiger partial charge in [0.1, 0.15) is 11.8 Å². The van der Waals surface area contributed by atoms with E-state index in [1.807, 2.05) is 0 Å².